The number of amides is 1. The third kappa shape index (κ3) is 3.40. The highest BCUT2D eigenvalue weighted by molar-refractivity contribution is 5.98. The number of carbonyl (C=O) groups excluding carboxylic acids is 1. The van der Waals surface area contributed by atoms with Gasteiger partial charge in [-0.25, -0.2) is 4.98 Å². The number of nitrogens with zero attached hydrogens (tertiary/aromatic N) is 2. The fraction of sp³-hybridized carbons (Fsp3) is 0.400. The summed E-state index contributed by atoms with van der Waals surface area (Å²) in [5, 5.41) is 13.2. The number of nitrogens with one attached hydrogen (secondary N) is 1. The summed E-state index contributed by atoms with van der Waals surface area (Å²) < 4.78 is 0. The second-order valence-corrected chi connectivity index (χ2v) is 3.49. The highest BCUT2D eigenvalue weighted by Gasteiger charge is 2.15. The zero-order valence-electron chi connectivity index (χ0n) is 9.47. The lowest BCUT2D eigenvalue weighted by molar-refractivity contribution is -0.385. The molecule has 1 rings (SSSR count). The molecule has 0 spiro atoms. The summed E-state index contributed by atoms with van der Waals surface area (Å²) in [6.07, 6.45) is 2.81. The smallest absolute Gasteiger partial charge is 0.288 e. The number of nitrogen functional groups attached to an aromatic ring is 1. The second kappa shape index (κ2) is 5.78. The van der Waals surface area contributed by atoms with Gasteiger partial charge in [-0.05, 0) is 6.42 Å². The van der Waals surface area contributed by atoms with Gasteiger partial charge in [0.05, 0.1) is 10.5 Å². The van der Waals surface area contributed by atoms with E-state index >= 15 is 0 Å². The van der Waals surface area contributed by atoms with E-state index < -0.39 is 10.8 Å². The molecular formula is C10H14N4O3. The molecule has 0 aliphatic carbocycles. The number of carbonyl (C=O) groups is 1. The van der Waals surface area contributed by atoms with Crippen molar-refractivity contribution in [1.29, 1.82) is 0 Å². The molecule has 0 saturated carbocycles. The summed E-state index contributed by atoms with van der Waals surface area (Å²) in [5.41, 5.74) is 5.29. The molecule has 1 aromatic heterocycles. The van der Waals surface area contributed by atoms with Gasteiger partial charge in [0, 0.05) is 12.6 Å². The number of hydrogen-bond donors (Lipinski definition) is 2. The Morgan fingerprint density at radius 2 is 2.35 bits per heavy atom. The van der Waals surface area contributed by atoms with Gasteiger partial charge in [0.2, 0.25) is 0 Å². The lowest BCUT2D eigenvalue weighted by Gasteiger charge is -2.05. The number of unbranched alkanes of at least 4 members (excludes halogenated alkanes) is 1. The Bertz CT molecular complexity index is 434. The van der Waals surface area contributed by atoms with Gasteiger partial charge in [0.1, 0.15) is 12.0 Å². The Morgan fingerprint density at radius 3 is 2.94 bits per heavy atom. The molecule has 0 fully saturated rings. The molecule has 0 bridgehead atoms. The van der Waals surface area contributed by atoms with E-state index in [1.807, 2.05) is 6.92 Å². The number of nitrogens with two attached hydrogens (primary N) is 1. The first kappa shape index (κ1) is 12.9. The third-order valence-electron chi connectivity index (χ3n) is 2.18. The first-order chi connectivity index (χ1) is 8.06. The van der Waals surface area contributed by atoms with Gasteiger partial charge >= 0.3 is 0 Å². The Labute approximate surface area is 98.2 Å². The maximum atomic E-state index is 11.7. The van der Waals surface area contributed by atoms with Crippen LogP contribution in [0.5, 0.6) is 0 Å². The lowest BCUT2D eigenvalue weighted by Crippen LogP contribution is -2.25. The van der Waals surface area contributed by atoms with Crippen LogP contribution in [0.2, 0.25) is 0 Å². The molecule has 1 amide bonds. The molecular weight excluding hydrogens is 224 g/mol. The highest BCUT2D eigenvalue weighted by Crippen LogP contribution is 2.16. The molecule has 92 valence electrons. The van der Waals surface area contributed by atoms with Crippen molar-refractivity contribution in [2.45, 2.75) is 19.8 Å². The van der Waals surface area contributed by atoms with Crippen LogP contribution in [0.25, 0.3) is 0 Å². The third-order valence-corrected chi connectivity index (χ3v) is 2.18. The molecule has 17 heavy (non-hydrogen) atoms. The molecule has 0 aliphatic rings. The molecule has 0 saturated heterocycles. The summed E-state index contributed by atoms with van der Waals surface area (Å²) in [7, 11) is 0. The van der Waals surface area contributed by atoms with Crippen LogP contribution in [0, 0.1) is 10.1 Å². The molecule has 3 N–H and O–H groups in total. The molecule has 0 radical (unpaired) electrons. The average Bonchev–Trinajstić information content (AvgIpc) is 2.29. The van der Waals surface area contributed by atoms with Gasteiger partial charge in [-0.15, -0.1) is 0 Å². The summed E-state index contributed by atoms with van der Waals surface area (Å²) in [5.74, 6) is -0.447. The minimum Gasteiger partial charge on any atom is -0.383 e. The van der Waals surface area contributed by atoms with Crippen LogP contribution in [0.3, 0.4) is 0 Å². The number of hydrogen-bond acceptors (Lipinski definition) is 5. The predicted octanol–water partition coefficient (Wildman–Crippen LogP) is 1.10. The number of anilines is 1. The van der Waals surface area contributed by atoms with Gasteiger partial charge in [-0.3, -0.25) is 14.9 Å². The zero-order chi connectivity index (χ0) is 12.8. The maximum Gasteiger partial charge on any atom is 0.288 e. The van der Waals surface area contributed by atoms with Crippen LogP contribution in [0.15, 0.2) is 12.3 Å². The number of rotatable bonds is 5. The van der Waals surface area contributed by atoms with Crippen molar-refractivity contribution in [3.05, 3.63) is 27.9 Å². The van der Waals surface area contributed by atoms with E-state index in [0.29, 0.717) is 6.54 Å². The van der Waals surface area contributed by atoms with Crippen LogP contribution in [0.4, 0.5) is 11.5 Å². The fourth-order valence-corrected chi connectivity index (χ4v) is 1.22. The van der Waals surface area contributed by atoms with Crippen molar-refractivity contribution < 1.29 is 9.72 Å². The monoisotopic (exact) mass is 238 g/mol. The van der Waals surface area contributed by atoms with Crippen LogP contribution in [0.1, 0.15) is 30.1 Å². The van der Waals surface area contributed by atoms with Crippen molar-refractivity contribution >= 4 is 17.4 Å². The Hall–Kier alpha value is -2.18. The van der Waals surface area contributed by atoms with Gasteiger partial charge in [-0.2, -0.15) is 0 Å². The predicted molar refractivity (Wildman–Crippen MR) is 62.5 cm³/mol. The number of nitro groups is 1. The number of pyridine rings is 1. The standard InChI is InChI=1S/C10H14N4O3/c1-2-3-4-12-10(15)8-5-7(14(16)17)6-13-9(8)11/h5-6H,2-4H2,1H3,(H2,11,13)(H,12,15). The van der Waals surface area contributed by atoms with Crippen molar-refractivity contribution in [3.8, 4) is 0 Å². The van der Waals surface area contributed by atoms with E-state index in [0.717, 1.165) is 25.1 Å². The zero-order valence-corrected chi connectivity index (χ0v) is 9.47. The molecule has 1 heterocycles. The summed E-state index contributed by atoms with van der Waals surface area (Å²) in [6, 6.07) is 1.13. The van der Waals surface area contributed by atoms with Gasteiger partial charge in [-0.1, -0.05) is 13.3 Å². The molecule has 0 aliphatic heterocycles. The first-order valence-corrected chi connectivity index (χ1v) is 5.24. The Balaban J connectivity index is 2.84. The molecule has 1 aromatic rings. The van der Waals surface area contributed by atoms with Crippen LogP contribution >= 0.6 is 0 Å². The topological polar surface area (TPSA) is 111 Å². The minimum absolute atomic E-state index is 0.00963. The van der Waals surface area contributed by atoms with Gasteiger partial charge in [0.25, 0.3) is 11.6 Å². The molecule has 0 aromatic carbocycles. The van der Waals surface area contributed by atoms with Crippen molar-refractivity contribution in [3.63, 3.8) is 0 Å². The summed E-state index contributed by atoms with van der Waals surface area (Å²) in [4.78, 5) is 25.2. The Morgan fingerprint density at radius 1 is 1.65 bits per heavy atom. The quantitative estimate of drug-likeness (QED) is 0.453. The number of aromatic nitrogens is 1. The highest BCUT2D eigenvalue weighted by atomic mass is 16.6. The molecule has 7 heteroatoms. The van der Waals surface area contributed by atoms with Crippen LogP contribution in [-0.2, 0) is 0 Å². The fourth-order valence-electron chi connectivity index (χ4n) is 1.22. The van der Waals surface area contributed by atoms with E-state index in [1.54, 1.807) is 0 Å². The van der Waals surface area contributed by atoms with E-state index in [1.165, 1.54) is 0 Å². The molecule has 7 nitrogen and oxygen atoms in total. The summed E-state index contributed by atoms with van der Waals surface area (Å²) in [6.45, 7) is 2.51. The van der Waals surface area contributed by atoms with Crippen molar-refractivity contribution in [1.82, 2.24) is 10.3 Å². The second-order valence-electron chi connectivity index (χ2n) is 3.49. The lowest BCUT2D eigenvalue weighted by atomic mass is 10.2. The Kier molecular flexibility index (Phi) is 4.38. The van der Waals surface area contributed by atoms with Gasteiger partial charge in [0.15, 0.2) is 0 Å². The molecule has 0 atom stereocenters. The van der Waals surface area contributed by atoms with E-state index in [4.69, 9.17) is 5.73 Å². The van der Waals surface area contributed by atoms with E-state index in [2.05, 4.69) is 10.3 Å². The minimum atomic E-state index is -0.616. The van der Waals surface area contributed by atoms with Crippen molar-refractivity contribution in [2.24, 2.45) is 0 Å². The van der Waals surface area contributed by atoms with E-state index in [-0.39, 0.29) is 17.1 Å². The average molecular weight is 238 g/mol. The van der Waals surface area contributed by atoms with E-state index in [9.17, 15) is 14.9 Å². The summed E-state index contributed by atoms with van der Waals surface area (Å²) >= 11 is 0. The first-order valence-electron chi connectivity index (χ1n) is 5.24. The van der Waals surface area contributed by atoms with Crippen molar-refractivity contribution in [2.75, 3.05) is 12.3 Å². The maximum absolute atomic E-state index is 11.7. The SMILES string of the molecule is CCCCNC(=O)c1cc([N+](=O)[O-])cnc1N. The van der Waals surface area contributed by atoms with Gasteiger partial charge < -0.3 is 11.1 Å². The normalized spacial score (nSPS) is 9.94. The molecule has 0 unspecified atom stereocenters. The van der Waals surface area contributed by atoms with Crippen LogP contribution in [-0.4, -0.2) is 22.4 Å². The van der Waals surface area contributed by atoms with Crippen LogP contribution < -0.4 is 11.1 Å². The largest absolute Gasteiger partial charge is 0.383 e.